The van der Waals surface area contributed by atoms with Crippen molar-refractivity contribution in [3.8, 4) is 34.5 Å². The first kappa shape index (κ1) is 27.1. The Morgan fingerprint density at radius 2 is 1.40 bits per heavy atom. The van der Waals surface area contributed by atoms with Gasteiger partial charge in [-0.05, 0) is 78.4 Å². The van der Waals surface area contributed by atoms with Crippen LogP contribution in [-0.4, -0.2) is 44.7 Å². The molecule has 4 aromatic rings. The van der Waals surface area contributed by atoms with Crippen LogP contribution in [0.25, 0.3) is 0 Å². The molecule has 0 unspecified atom stereocenters. The molecule has 0 bridgehead atoms. The van der Waals surface area contributed by atoms with Gasteiger partial charge in [-0.3, -0.25) is 9.59 Å². The van der Waals surface area contributed by atoms with Crippen LogP contribution in [0.4, 0.5) is 5.69 Å². The Labute approximate surface area is 244 Å². The van der Waals surface area contributed by atoms with Crippen molar-refractivity contribution in [1.29, 1.82) is 0 Å². The second kappa shape index (κ2) is 11.8. The molecule has 0 saturated carbocycles. The largest absolute Gasteiger partial charge is 0.493 e. The SMILES string of the molecule is COc1cc(C=NNC(=O)c2cccc(NC(=O)c3ccc4c(c3)OCO4)c2)ccc1OC(=O)c1ccc2c(c1)OCO2. The molecular formula is C31H23N3O9. The topological polar surface area (TPSA) is 143 Å². The lowest BCUT2D eigenvalue weighted by molar-refractivity contribution is 0.0728. The minimum Gasteiger partial charge on any atom is -0.493 e. The monoisotopic (exact) mass is 581 g/mol. The number of rotatable bonds is 8. The number of anilines is 1. The van der Waals surface area contributed by atoms with E-state index in [1.807, 2.05) is 0 Å². The summed E-state index contributed by atoms with van der Waals surface area (Å²) < 4.78 is 32.0. The third-order valence-corrected chi connectivity index (χ3v) is 6.40. The van der Waals surface area contributed by atoms with E-state index in [2.05, 4.69) is 15.8 Å². The number of esters is 1. The predicted octanol–water partition coefficient (Wildman–Crippen LogP) is 4.39. The molecule has 0 radical (unpaired) electrons. The molecule has 43 heavy (non-hydrogen) atoms. The van der Waals surface area contributed by atoms with E-state index in [1.165, 1.54) is 19.4 Å². The first-order valence-corrected chi connectivity index (χ1v) is 12.9. The Bertz CT molecular complexity index is 1770. The van der Waals surface area contributed by atoms with Crippen molar-refractivity contribution in [2.45, 2.75) is 0 Å². The van der Waals surface area contributed by atoms with Crippen molar-refractivity contribution >= 4 is 29.7 Å². The smallest absolute Gasteiger partial charge is 0.343 e. The molecule has 0 spiro atoms. The van der Waals surface area contributed by atoms with Gasteiger partial charge in [0.25, 0.3) is 11.8 Å². The van der Waals surface area contributed by atoms with Gasteiger partial charge in [-0.2, -0.15) is 5.10 Å². The van der Waals surface area contributed by atoms with E-state index >= 15 is 0 Å². The van der Waals surface area contributed by atoms with E-state index in [9.17, 15) is 14.4 Å². The van der Waals surface area contributed by atoms with Crippen LogP contribution >= 0.6 is 0 Å². The van der Waals surface area contributed by atoms with E-state index in [0.717, 1.165) is 0 Å². The Morgan fingerprint density at radius 1 is 0.721 bits per heavy atom. The molecule has 12 nitrogen and oxygen atoms in total. The van der Waals surface area contributed by atoms with Gasteiger partial charge in [-0.25, -0.2) is 10.2 Å². The Hall–Kier alpha value is -6.04. The second-order valence-electron chi connectivity index (χ2n) is 9.17. The van der Waals surface area contributed by atoms with Gasteiger partial charge in [0.1, 0.15) is 0 Å². The lowest BCUT2D eigenvalue weighted by atomic mass is 10.1. The highest BCUT2D eigenvalue weighted by atomic mass is 16.7. The number of hydrogen-bond donors (Lipinski definition) is 2. The number of ether oxygens (including phenoxy) is 6. The fourth-order valence-corrected chi connectivity index (χ4v) is 4.24. The van der Waals surface area contributed by atoms with Crippen LogP contribution in [0.2, 0.25) is 0 Å². The van der Waals surface area contributed by atoms with Crippen molar-refractivity contribution in [3.63, 3.8) is 0 Å². The molecule has 0 aliphatic carbocycles. The summed E-state index contributed by atoms with van der Waals surface area (Å²) in [7, 11) is 1.44. The van der Waals surface area contributed by atoms with Gasteiger partial charge < -0.3 is 33.7 Å². The maximum atomic E-state index is 12.7. The molecule has 2 heterocycles. The quantitative estimate of drug-likeness (QED) is 0.134. The second-order valence-corrected chi connectivity index (χ2v) is 9.17. The minimum absolute atomic E-state index is 0.0962. The molecule has 2 aliphatic heterocycles. The van der Waals surface area contributed by atoms with Gasteiger partial charge in [0, 0.05) is 16.8 Å². The van der Waals surface area contributed by atoms with Crippen LogP contribution in [-0.2, 0) is 0 Å². The maximum Gasteiger partial charge on any atom is 0.343 e. The molecule has 0 atom stereocenters. The zero-order valence-corrected chi connectivity index (χ0v) is 22.6. The number of hydrogen-bond acceptors (Lipinski definition) is 10. The highest BCUT2D eigenvalue weighted by Gasteiger charge is 2.19. The van der Waals surface area contributed by atoms with Crippen molar-refractivity contribution in [1.82, 2.24) is 5.43 Å². The normalized spacial score (nSPS) is 12.6. The van der Waals surface area contributed by atoms with E-state index in [0.29, 0.717) is 39.8 Å². The Balaban J connectivity index is 1.06. The predicted molar refractivity (Wildman–Crippen MR) is 153 cm³/mol. The standard InChI is InChI=1S/C31H23N3O9/c1-38-26-11-18(5-8-25(26)43-31(37)21-7-10-24-28(14-21)42-17-40-24)15-32-34-30(36)19-3-2-4-22(12-19)33-29(35)20-6-9-23-27(13-20)41-16-39-23/h2-15H,16-17H2,1H3,(H,33,35)(H,34,36). The summed E-state index contributed by atoms with van der Waals surface area (Å²) in [4.78, 5) is 38.1. The van der Waals surface area contributed by atoms with Gasteiger partial charge in [0.2, 0.25) is 13.6 Å². The van der Waals surface area contributed by atoms with Gasteiger partial charge >= 0.3 is 5.97 Å². The highest BCUT2D eigenvalue weighted by molar-refractivity contribution is 6.05. The molecule has 0 aromatic heterocycles. The van der Waals surface area contributed by atoms with Gasteiger partial charge in [0.15, 0.2) is 34.5 Å². The first-order valence-electron chi connectivity index (χ1n) is 12.9. The molecule has 216 valence electrons. The summed E-state index contributed by atoms with van der Waals surface area (Å²) in [6.45, 7) is 0.205. The Morgan fingerprint density at radius 3 is 2.14 bits per heavy atom. The molecule has 4 aromatic carbocycles. The van der Waals surface area contributed by atoms with Crippen LogP contribution < -0.4 is 39.2 Å². The molecule has 2 aliphatic rings. The van der Waals surface area contributed by atoms with Crippen LogP contribution in [0.3, 0.4) is 0 Å². The van der Waals surface area contributed by atoms with Crippen molar-refractivity contribution < 1.29 is 42.8 Å². The molecule has 2 N–H and O–H groups in total. The van der Waals surface area contributed by atoms with Crippen molar-refractivity contribution in [2.24, 2.45) is 5.10 Å². The number of nitrogens with one attached hydrogen (secondary N) is 2. The molecule has 0 fully saturated rings. The van der Waals surface area contributed by atoms with Gasteiger partial charge in [-0.15, -0.1) is 0 Å². The van der Waals surface area contributed by atoms with Crippen LogP contribution in [0.15, 0.2) is 84.0 Å². The summed E-state index contributed by atoms with van der Waals surface area (Å²) in [6, 6.07) is 20.9. The van der Waals surface area contributed by atoms with E-state index in [-0.39, 0.29) is 42.1 Å². The minimum atomic E-state index is -0.598. The van der Waals surface area contributed by atoms with E-state index in [4.69, 9.17) is 28.4 Å². The summed E-state index contributed by atoms with van der Waals surface area (Å²) >= 11 is 0. The van der Waals surface area contributed by atoms with Gasteiger partial charge in [-0.1, -0.05) is 6.07 Å². The number of fused-ring (bicyclic) bond motifs is 2. The number of hydrazone groups is 1. The summed E-state index contributed by atoms with van der Waals surface area (Å²) in [5, 5.41) is 6.77. The lowest BCUT2D eigenvalue weighted by Crippen LogP contribution is -2.18. The van der Waals surface area contributed by atoms with Gasteiger partial charge in [0.05, 0.1) is 18.9 Å². The number of carbonyl (C=O) groups is 3. The summed E-state index contributed by atoms with van der Waals surface area (Å²) in [5.41, 5.74) is 4.40. The highest BCUT2D eigenvalue weighted by Crippen LogP contribution is 2.34. The number of methoxy groups -OCH3 is 1. The number of carbonyl (C=O) groups excluding carboxylic acids is 3. The maximum absolute atomic E-state index is 12.7. The van der Waals surface area contributed by atoms with Crippen LogP contribution in [0.1, 0.15) is 36.6 Å². The van der Waals surface area contributed by atoms with Crippen molar-refractivity contribution in [3.05, 3.63) is 101 Å². The zero-order chi connectivity index (χ0) is 29.8. The lowest BCUT2D eigenvalue weighted by Gasteiger charge is -2.10. The Kier molecular flexibility index (Phi) is 7.47. The summed E-state index contributed by atoms with van der Waals surface area (Å²) in [5.74, 6) is 1.12. The third kappa shape index (κ3) is 6.03. The molecule has 2 amide bonds. The average molecular weight is 582 g/mol. The van der Waals surface area contributed by atoms with Crippen molar-refractivity contribution in [2.75, 3.05) is 26.0 Å². The molecular weight excluding hydrogens is 558 g/mol. The summed E-state index contributed by atoms with van der Waals surface area (Å²) in [6.07, 6.45) is 1.41. The molecule has 12 heteroatoms. The third-order valence-electron chi connectivity index (χ3n) is 6.40. The van der Waals surface area contributed by atoms with Crippen LogP contribution in [0, 0.1) is 0 Å². The van der Waals surface area contributed by atoms with Crippen LogP contribution in [0.5, 0.6) is 34.5 Å². The average Bonchev–Trinajstić information content (AvgIpc) is 3.70. The number of benzene rings is 4. The fraction of sp³-hybridized carbons (Fsp3) is 0.0968. The number of amides is 2. The van der Waals surface area contributed by atoms with E-state index in [1.54, 1.807) is 72.8 Å². The first-order chi connectivity index (χ1) is 21.0. The van der Waals surface area contributed by atoms with E-state index < -0.39 is 11.9 Å². The zero-order valence-electron chi connectivity index (χ0n) is 22.6. The molecule has 6 rings (SSSR count). The molecule has 0 saturated heterocycles. The fourth-order valence-electron chi connectivity index (χ4n) is 4.24. The number of nitrogens with zero attached hydrogens (tertiary/aromatic N) is 1.